The summed E-state index contributed by atoms with van der Waals surface area (Å²) in [6.07, 6.45) is 1.11. The summed E-state index contributed by atoms with van der Waals surface area (Å²) >= 11 is 3.29. The third-order valence-corrected chi connectivity index (χ3v) is 3.23. The van der Waals surface area contributed by atoms with Crippen molar-refractivity contribution in [1.82, 2.24) is 4.98 Å². The molecule has 2 rings (SSSR count). The van der Waals surface area contributed by atoms with Crippen LogP contribution in [0.25, 0.3) is 16.5 Å². The summed E-state index contributed by atoms with van der Waals surface area (Å²) in [5.74, 6) is -0.722. The lowest BCUT2D eigenvalue weighted by molar-refractivity contribution is -0.385. The molecule has 2 aromatic rings. The van der Waals surface area contributed by atoms with Crippen LogP contribution in [0.4, 0.5) is 5.69 Å². The first-order chi connectivity index (χ1) is 9.45. The molecule has 0 radical (unpaired) electrons. The summed E-state index contributed by atoms with van der Waals surface area (Å²) < 4.78 is 5.30. The highest BCUT2D eigenvalue weighted by Gasteiger charge is 2.24. The van der Waals surface area contributed by atoms with E-state index in [0.29, 0.717) is 15.4 Å². The molecule has 0 atom stereocenters. The molecule has 0 saturated heterocycles. The second kappa shape index (κ2) is 5.38. The number of hydrogen-bond acceptors (Lipinski definition) is 5. The van der Waals surface area contributed by atoms with E-state index in [2.05, 4.69) is 32.2 Å². The van der Waals surface area contributed by atoms with Gasteiger partial charge in [-0.05, 0) is 18.2 Å². The van der Waals surface area contributed by atoms with E-state index in [0.717, 1.165) is 6.20 Å². The SMILES string of the molecule is C=C(C(=O)OC)c1c([N+](=O)[O-])cnc2ccc(Br)cc12. The van der Waals surface area contributed by atoms with Gasteiger partial charge in [0.1, 0.15) is 6.20 Å². The number of esters is 1. The van der Waals surface area contributed by atoms with Crippen LogP contribution in [-0.2, 0) is 9.53 Å². The van der Waals surface area contributed by atoms with Crippen LogP contribution in [0.15, 0.2) is 35.4 Å². The van der Waals surface area contributed by atoms with Crippen molar-refractivity contribution in [2.45, 2.75) is 0 Å². The van der Waals surface area contributed by atoms with Gasteiger partial charge >= 0.3 is 5.97 Å². The Labute approximate surface area is 122 Å². The minimum absolute atomic E-state index is 0.0790. The van der Waals surface area contributed by atoms with Gasteiger partial charge in [0, 0.05) is 9.86 Å². The number of carbonyl (C=O) groups excluding carboxylic acids is 1. The summed E-state index contributed by atoms with van der Waals surface area (Å²) in [5.41, 5.74) is 0.280. The summed E-state index contributed by atoms with van der Waals surface area (Å²) in [5, 5.41) is 11.6. The molecule has 0 bridgehead atoms. The molecule has 0 spiro atoms. The Balaban J connectivity index is 2.84. The molecule has 0 aliphatic heterocycles. The molecule has 20 heavy (non-hydrogen) atoms. The molecular formula is C13H9BrN2O4. The first-order valence-electron chi connectivity index (χ1n) is 5.46. The van der Waals surface area contributed by atoms with Crippen molar-refractivity contribution in [3.05, 3.63) is 51.1 Å². The number of pyridine rings is 1. The highest BCUT2D eigenvalue weighted by Crippen LogP contribution is 2.33. The highest BCUT2D eigenvalue weighted by atomic mass is 79.9. The number of benzene rings is 1. The summed E-state index contributed by atoms with van der Waals surface area (Å²) in [6.45, 7) is 3.60. The molecule has 0 saturated carbocycles. The lowest BCUT2D eigenvalue weighted by Crippen LogP contribution is -2.06. The minimum Gasteiger partial charge on any atom is -0.465 e. The third kappa shape index (κ3) is 2.39. The van der Waals surface area contributed by atoms with Gasteiger partial charge in [0.25, 0.3) is 5.69 Å². The molecule has 0 aliphatic rings. The molecule has 0 amide bonds. The molecule has 0 N–H and O–H groups in total. The van der Waals surface area contributed by atoms with Crippen LogP contribution in [0.3, 0.4) is 0 Å². The monoisotopic (exact) mass is 336 g/mol. The fraction of sp³-hybridized carbons (Fsp3) is 0.0769. The zero-order valence-electron chi connectivity index (χ0n) is 10.4. The Morgan fingerprint density at radius 3 is 2.80 bits per heavy atom. The number of nitro groups is 1. The van der Waals surface area contributed by atoms with Crippen molar-refractivity contribution < 1.29 is 14.5 Å². The molecule has 102 valence electrons. The van der Waals surface area contributed by atoms with Crippen LogP contribution in [0.5, 0.6) is 0 Å². The topological polar surface area (TPSA) is 82.3 Å². The van der Waals surface area contributed by atoms with Gasteiger partial charge in [0.15, 0.2) is 0 Å². The first kappa shape index (κ1) is 14.1. The van der Waals surface area contributed by atoms with Crippen LogP contribution in [0.1, 0.15) is 5.56 Å². The molecule has 1 heterocycles. The number of carbonyl (C=O) groups is 1. The van der Waals surface area contributed by atoms with Gasteiger partial charge in [-0.3, -0.25) is 10.1 Å². The maximum Gasteiger partial charge on any atom is 0.338 e. The molecule has 0 unspecified atom stereocenters. The zero-order valence-corrected chi connectivity index (χ0v) is 12.0. The maximum atomic E-state index is 11.6. The number of fused-ring (bicyclic) bond motifs is 1. The molecule has 7 heteroatoms. The summed E-state index contributed by atoms with van der Waals surface area (Å²) in [6, 6.07) is 5.10. The normalized spacial score (nSPS) is 10.3. The van der Waals surface area contributed by atoms with Crippen molar-refractivity contribution in [2.24, 2.45) is 0 Å². The minimum atomic E-state index is -0.722. The largest absolute Gasteiger partial charge is 0.465 e. The number of nitrogens with zero attached hydrogens (tertiary/aromatic N) is 2. The number of rotatable bonds is 3. The van der Waals surface area contributed by atoms with Gasteiger partial charge in [-0.15, -0.1) is 0 Å². The molecule has 0 aliphatic carbocycles. The Morgan fingerprint density at radius 1 is 1.50 bits per heavy atom. The fourth-order valence-electron chi connectivity index (χ4n) is 1.84. The average molecular weight is 337 g/mol. The van der Waals surface area contributed by atoms with E-state index in [1.54, 1.807) is 18.2 Å². The van der Waals surface area contributed by atoms with Crippen LogP contribution in [0, 0.1) is 10.1 Å². The molecule has 1 aromatic heterocycles. The molecule has 0 fully saturated rings. The molecule has 6 nitrogen and oxygen atoms in total. The third-order valence-electron chi connectivity index (χ3n) is 2.74. The van der Waals surface area contributed by atoms with Gasteiger partial charge < -0.3 is 4.74 Å². The first-order valence-corrected chi connectivity index (χ1v) is 6.25. The predicted octanol–water partition coefficient (Wildman–Crippen LogP) is 3.09. The second-order valence-electron chi connectivity index (χ2n) is 3.91. The Hall–Kier alpha value is -2.28. The maximum absolute atomic E-state index is 11.6. The van der Waals surface area contributed by atoms with E-state index in [-0.39, 0.29) is 16.8 Å². The van der Waals surface area contributed by atoms with E-state index in [9.17, 15) is 14.9 Å². The van der Waals surface area contributed by atoms with Gasteiger partial charge in [-0.25, -0.2) is 9.78 Å². The predicted molar refractivity (Wildman–Crippen MR) is 77.1 cm³/mol. The van der Waals surface area contributed by atoms with Crippen LogP contribution >= 0.6 is 15.9 Å². The smallest absolute Gasteiger partial charge is 0.338 e. The van der Waals surface area contributed by atoms with Gasteiger partial charge in [-0.1, -0.05) is 22.5 Å². The van der Waals surface area contributed by atoms with Gasteiger partial charge in [0.05, 0.1) is 28.7 Å². The van der Waals surface area contributed by atoms with Crippen LogP contribution in [-0.4, -0.2) is 23.0 Å². The molecular weight excluding hydrogens is 328 g/mol. The number of ether oxygens (including phenoxy) is 1. The standard InChI is InChI=1S/C13H9BrN2O4/c1-7(13(17)20-2)12-9-5-8(14)3-4-10(9)15-6-11(12)16(18)19/h3-6H,1H2,2H3. The van der Waals surface area contributed by atoms with Crippen LogP contribution < -0.4 is 0 Å². The Bertz CT molecular complexity index is 742. The van der Waals surface area contributed by atoms with E-state index in [1.165, 1.54) is 7.11 Å². The van der Waals surface area contributed by atoms with E-state index >= 15 is 0 Å². The molecule has 1 aromatic carbocycles. The van der Waals surface area contributed by atoms with Crippen molar-refractivity contribution in [3.8, 4) is 0 Å². The second-order valence-corrected chi connectivity index (χ2v) is 4.82. The van der Waals surface area contributed by atoms with Crippen LogP contribution in [0.2, 0.25) is 0 Å². The summed E-state index contributed by atoms with van der Waals surface area (Å²) in [4.78, 5) is 26.2. The van der Waals surface area contributed by atoms with Crippen molar-refractivity contribution >= 4 is 44.1 Å². The number of aromatic nitrogens is 1. The number of hydrogen-bond donors (Lipinski definition) is 0. The Morgan fingerprint density at radius 2 is 2.20 bits per heavy atom. The zero-order chi connectivity index (χ0) is 14.9. The van der Waals surface area contributed by atoms with Gasteiger partial charge in [0.2, 0.25) is 0 Å². The number of halogens is 1. The number of methoxy groups -OCH3 is 1. The highest BCUT2D eigenvalue weighted by molar-refractivity contribution is 9.10. The van der Waals surface area contributed by atoms with Gasteiger partial charge in [-0.2, -0.15) is 0 Å². The van der Waals surface area contributed by atoms with E-state index < -0.39 is 10.9 Å². The van der Waals surface area contributed by atoms with Crippen molar-refractivity contribution in [2.75, 3.05) is 7.11 Å². The quantitative estimate of drug-likeness (QED) is 0.372. The summed E-state index contributed by atoms with van der Waals surface area (Å²) in [7, 11) is 1.19. The Kier molecular flexibility index (Phi) is 3.80. The average Bonchev–Trinajstić information content (AvgIpc) is 2.44. The lowest BCUT2D eigenvalue weighted by atomic mass is 10.0. The van der Waals surface area contributed by atoms with Crippen molar-refractivity contribution in [3.63, 3.8) is 0 Å². The van der Waals surface area contributed by atoms with E-state index in [4.69, 9.17) is 0 Å². The van der Waals surface area contributed by atoms with E-state index in [1.807, 2.05) is 0 Å². The van der Waals surface area contributed by atoms with Crippen molar-refractivity contribution in [1.29, 1.82) is 0 Å². The lowest BCUT2D eigenvalue weighted by Gasteiger charge is -2.08. The fourth-order valence-corrected chi connectivity index (χ4v) is 2.20.